The van der Waals surface area contributed by atoms with Gasteiger partial charge >= 0.3 is 0 Å². The van der Waals surface area contributed by atoms with Crippen molar-refractivity contribution < 1.29 is 26.3 Å². The number of halogens is 6. The quantitative estimate of drug-likeness (QED) is 0.333. The fourth-order valence-corrected chi connectivity index (χ4v) is 2.79. The molecule has 3 aromatic rings. The third kappa shape index (κ3) is 5.29. The summed E-state index contributed by atoms with van der Waals surface area (Å²) in [4.78, 5) is 0. The van der Waals surface area contributed by atoms with Crippen molar-refractivity contribution in [3.05, 3.63) is 105 Å². The maximum atomic E-state index is 14.3. The van der Waals surface area contributed by atoms with Crippen molar-refractivity contribution in [1.29, 1.82) is 0 Å². The standard InChI is InChI=1S/C25H14F6/c1-2-3-16-11-21(27)19(22(28)12-16)8-5-17-13-23(29)18(24(30)14-17)7-4-15-6-9-20(26)25(31)10-15/h6,9-14H,2-3H2,1H3. The van der Waals surface area contributed by atoms with Gasteiger partial charge in [-0.2, -0.15) is 0 Å². The molecule has 0 saturated carbocycles. The summed E-state index contributed by atoms with van der Waals surface area (Å²) in [6.45, 7) is 1.87. The molecule has 0 spiro atoms. The van der Waals surface area contributed by atoms with Gasteiger partial charge in [-0.05, 0) is 54.4 Å². The Hall–Kier alpha value is -3.64. The van der Waals surface area contributed by atoms with E-state index in [1.165, 1.54) is 12.1 Å². The topological polar surface area (TPSA) is 0 Å². The summed E-state index contributed by atoms with van der Waals surface area (Å²) in [6, 6.07) is 6.89. The van der Waals surface area contributed by atoms with Gasteiger partial charge in [0.15, 0.2) is 11.6 Å². The maximum Gasteiger partial charge on any atom is 0.160 e. The number of aryl methyl sites for hydroxylation is 1. The Morgan fingerprint density at radius 1 is 0.548 bits per heavy atom. The van der Waals surface area contributed by atoms with Gasteiger partial charge in [0, 0.05) is 11.1 Å². The first kappa shape index (κ1) is 22.1. The lowest BCUT2D eigenvalue weighted by molar-refractivity contribution is 0.508. The highest BCUT2D eigenvalue weighted by Gasteiger charge is 2.11. The Morgan fingerprint density at radius 2 is 1.03 bits per heavy atom. The lowest BCUT2D eigenvalue weighted by Crippen LogP contribution is -1.95. The van der Waals surface area contributed by atoms with E-state index >= 15 is 0 Å². The summed E-state index contributed by atoms with van der Waals surface area (Å²) in [5, 5.41) is 0. The molecule has 3 rings (SSSR count). The van der Waals surface area contributed by atoms with E-state index in [1.807, 2.05) is 6.92 Å². The summed E-state index contributed by atoms with van der Waals surface area (Å²) < 4.78 is 82.9. The van der Waals surface area contributed by atoms with Crippen LogP contribution >= 0.6 is 0 Å². The molecule has 3 aromatic carbocycles. The highest BCUT2D eigenvalue weighted by Crippen LogP contribution is 2.18. The first-order chi connectivity index (χ1) is 14.8. The number of benzene rings is 3. The molecule has 0 bridgehead atoms. The summed E-state index contributed by atoms with van der Waals surface area (Å²) in [5.74, 6) is 3.14. The Labute approximate surface area is 175 Å². The van der Waals surface area contributed by atoms with E-state index in [0.717, 1.165) is 30.3 Å². The van der Waals surface area contributed by atoms with Crippen molar-refractivity contribution in [3.8, 4) is 23.7 Å². The zero-order chi connectivity index (χ0) is 22.5. The van der Waals surface area contributed by atoms with Crippen molar-refractivity contribution in [2.24, 2.45) is 0 Å². The highest BCUT2D eigenvalue weighted by molar-refractivity contribution is 5.50. The monoisotopic (exact) mass is 428 g/mol. The van der Waals surface area contributed by atoms with E-state index in [4.69, 9.17) is 0 Å². The van der Waals surface area contributed by atoms with Crippen LogP contribution in [-0.4, -0.2) is 0 Å². The third-order valence-corrected chi connectivity index (χ3v) is 4.27. The molecule has 0 N–H and O–H groups in total. The Bertz CT molecular complexity index is 1220. The van der Waals surface area contributed by atoms with Crippen molar-refractivity contribution in [1.82, 2.24) is 0 Å². The van der Waals surface area contributed by atoms with E-state index in [2.05, 4.69) is 23.7 Å². The van der Waals surface area contributed by atoms with Crippen molar-refractivity contribution in [2.45, 2.75) is 19.8 Å². The van der Waals surface area contributed by atoms with Crippen LogP contribution in [0.4, 0.5) is 26.3 Å². The number of rotatable bonds is 2. The molecule has 0 aromatic heterocycles. The van der Waals surface area contributed by atoms with E-state index in [1.54, 1.807) is 0 Å². The zero-order valence-electron chi connectivity index (χ0n) is 16.2. The fraction of sp³-hybridized carbons (Fsp3) is 0.120. The SMILES string of the molecule is CCCc1cc(F)c(C#Cc2cc(F)c(C#Cc3ccc(F)c(F)c3)c(F)c2)c(F)c1. The molecular weight excluding hydrogens is 414 g/mol. The fourth-order valence-electron chi connectivity index (χ4n) is 2.79. The molecule has 0 saturated heterocycles. The second-order valence-corrected chi connectivity index (χ2v) is 6.63. The summed E-state index contributed by atoms with van der Waals surface area (Å²) >= 11 is 0. The van der Waals surface area contributed by atoms with Crippen molar-refractivity contribution in [3.63, 3.8) is 0 Å². The van der Waals surface area contributed by atoms with Gasteiger partial charge in [-0.15, -0.1) is 0 Å². The minimum atomic E-state index is -1.14. The minimum absolute atomic E-state index is 0.0269. The van der Waals surface area contributed by atoms with Crippen molar-refractivity contribution in [2.75, 3.05) is 0 Å². The normalized spacial score (nSPS) is 10.2. The van der Waals surface area contributed by atoms with Crippen LogP contribution in [0, 0.1) is 58.6 Å². The molecule has 0 nitrogen and oxygen atoms in total. The van der Waals surface area contributed by atoms with Crippen LogP contribution in [-0.2, 0) is 6.42 Å². The molecular formula is C25H14F6. The second-order valence-electron chi connectivity index (χ2n) is 6.63. The number of hydrogen-bond acceptors (Lipinski definition) is 0. The molecule has 0 amide bonds. The van der Waals surface area contributed by atoms with Crippen molar-refractivity contribution >= 4 is 0 Å². The van der Waals surface area contributed by atoms with Gasteiger partial charge < -0.3 is 0 Å². The minimum Gasteiger partial charge on any atom is -0.206 e. The van der Waals surface area contributed by atoms with Crippen LogP contribution in [0.1, 0.15) is 41.2 Å². The van der Waals surface area contributed by atoms with Gasteiger partial charge in [-0.25, -0.2) is 26.3 Å². The molecule has 0 aliphatic carbocycles. The molecule has 6 heteroatoms. The molecule has 31 heavy (non-hydrogen) atoms. The predicted octanol–water partition coefficient (Wildman–Crippen LogP) is 6.27. The Balaban J connectivity index is 1.91. The molecule has 0 atom stereocenters. The van der Waals surface area contributed by atoms with Gasteiger partial charge in [0.25, 0.3) is 0 Å². The molecule has 0 unspecified atom stereocenters. The summed E-state index contributed by atoms with van der Waals surface area (Å²) in [6.07, 6.45) is 1.22. The van der Waals surface area contributed by atoms with Gasteiger partial charge in [0.05, 0.1) is 11.1 Å². The van der Waals surface area contributed by atoms with Gasteiger partial charge in [0.1, 0.15) is 23.3 Å². The molecule has 0 fully saturated rings. The van der Waals surface area contributed by atoms with Crippen LogP contribution < -0.4 is 0 Å². The van der Waals surface area contributed by atoms with E-state index in [-0.39, 0.29) is 11.1 Å². The first-order valence-corrected chi connectivity index (χ1v) is 9.24. The summed E-state index contributed by atoms with van der Waals surface area (Å²) in [7, 11) is 0. The van der Waals surface area contributed by atoms with Crippen LogP contribution in [0.3, 0.4) is 0 Å². The Morgan fingerprint density at radius 3 is 1.55 bits per heavy atom. The lowest BCUT2D eigenvalue weighted by atomic mass is 10.1. The maximum absolute atomic E-state index is 14.3. The van der Waals surface area contributed by atoms with Gasteiger partial charge in [-0.1, -0.05) is 37.0 Å². The first-order valence-electron chi connectivity index (χ1n) is 9.24. The average molecular weight is 428 g/mol. The van der Waals surface area contributed by atoms with E-state index < -0.39 is 46.0 Å². The van der Waals surface area contributed by atoms with Gasteiger partial charge in [0.2, 0.25) is 0 Å². The predicted molar refractivity (Wildman–Crippen MR) is 105 cm³/mol. The van der Waals surface area contributed by atoms with Crippen LogP contribution in [0.15, 0.2) is 42.5 Å². The highest BCUT2D eigenvalue weighted by atomic mass is 19.2. The van der Waals surface area contributed by atoms with Crippen LogP contribution in [0.5, 0.6) is 0 Å². The van der Waals surface area contributed by atoms with Crippen LogP contribution in [0.25, 0.3) is 0 Å². The lowest BCUT2D eigenvalue weighted by Gasteiger charge is -2.03. The average Bonchev–Trinajstić information content (AvgIpc) is 2.69. The van der Waals surface area contributed by atoms with E-state index in [9.17, 15) is 26.3 Å². The number of hydrogen-bond donors (Lipinski definition) is 0. The molecule has 156 valence electrons. The molecule has 0 aliphatic heterocycles. The molecule has 0 radical (unpaired) electrons. The smallest absolute Gasteiger partial charge is 0.160 e. The van der Waals surface area contributed by atoms with Gasteiger partial charge in [-0.3, -0.25) is 0 Å². The Kier molecular flexibility index (Phi) is 6.72. The van der Waals surface area contributed by atoms with E-state index in [0.29, 0.717) is 18.4 Å². The summed E-state index contributed by atoms with van der Waals surface area (Å²) in [5.41, 5.74) is -0.729. The molecule has 0 heterocycles. The third-order valence-electron chi connectivity index (χ3n) is 4.27. The van der Waals surface area contributed by atoms with Crippen LogP contribution in [0.2, 0.25) is 0 Å². The zero-order valence-corrected chi connectivity index (χ0v) is 16.2. The second kappa shape index (κ2) is 9.45. The molecule has 0 aliphatic rings. The largest absolute Gasteiger partial charge is 0.206 e.